The molecule has 4 rings (SSSR count). The van der Waals surface area contributed by atoms with E-state index in [-0.39, 0.29) is 41.6 Å². The fourth-order valence-electron chi connectivity index (χ4n) is 7.27. The summed E-state index contributed by atoms with van der Waals surface area (Å²) in [5.41, 5.74) is -1.08. The van der Waals surface area contributed by atoms with Crippen LogP contribution in [0.1, 0.15) is 58.3 Å². The van der Waals surface area contributed by atoms with E-state index >= 15 is 0 Å². The van der Waals surface area contributed by atoms with Crippen LogP contribution in [0.2, 0.25) is 0 Å². The van der Waals surface area contributed by atoms with Crippen LogP contribution in [0.25, 0.3) is 0 Å². The number of aliphatic hydroxyl groups is 1. The van der Waals surface area contributed by atoms with Crippen LogP contribution in [-0.2, 0) is 13.9 Å². The standard InChI is InChI=1S/C21H30F2O5S2/c1-20-8-6-14-13-7-9-21(25,19(22)23)10-12(13)2-3-15(14)16(20)4-5-17(20)18(24)11-29-30(26,27)28/h2,13-17,19,25H,3-11H2,1H3,(H,26,27,28)/t13-,14+,15+,16-,17+,20-,21+/m0/s1. The molecular formula is C21H30F2O5S2. The van der Waals surface area contributed by atoms with Gasteiger partial charge in [0.15, 0.2) is 0 Å². The highest BCUT2D eigenvalue weighted by Gasteiger charge is 2.58. The van der Waals surface area contributed by atoms with Crippen molar-refractivity contribution in [3.63, 3.8) is 0 Å². The molecule has 0 spiro atoms. The van der Waals surface area contributed by atoms with Gasteiger partial charge >= 0.3 is 9.15 Å². The first-order valence-corrected chi connectivity index (χ1v) is 13.7. The number of halogens is 2. The normalized spacial score (nSPS) is 43.5. The van der Waals surface area contributed by atoms with Crippen LogP contribution in [0.4, 0.5) is 8.78 Å². The third-order valence-corrected chi connectivity index (χ3v) is 10.6. The van der Waals surface area contributed by atoms with Crippen molar-refractivity contribution in [3.8, 4) is 0 Å². The molecule has 0 aromatic heterocycles. The Kier molecular flexibility index (Phi) is 5.91. The zero-order chi connectivity index (χ0) is 21.9. The zero-order valence-corrected chi connectivity index (χ0v) is 18.7. The molecule has 0 amide bonds. The molecule has 0 heterocycles. The van der Waals surface area contributed by atoms with Gasteiger partial charge in [-0.2, -0.15) is 8.42 Å². The van der Waals surface area contributed by atoms with E-state index in [1.54, 1.807) is 0 Å². The Morgan fingerprint density at radius 2 is 1.97 bits per heavy atom. The summed E-state index contributed by atoms with van der Waals surface area (Å²) in [4.78, 5) is 12.8. The quantitative estimate of drug-likeness (QED) is 0.359. The average Bonchev–Trinajstić information content (AvgIpc) is 3.02. The molecule has 2 N–H and O–H groups in total. The smallest absolute Gasteiger partial charge is 0.320 e. The molecule has 4 aliphatic rings. The molecule has 9 heteroatoms. The van der Waals surface area contributed by atoms with Crippen LogP contribution in [0.3, 0.4) is 0 Å². The molecule has 5 nitrogen and oxygen atoms in total. The van der Waals surface area contributed by atoms with Gasteiger partial charge in [-0.3, -0.25) is 9.35 Å². The van der Waals surface area contributed by atoms with Gasteiger partial charge in [-0.25, -0.2) is 8.78 Å². The minimum absolute atomic E-state index is 0.0639. The Hall–Kier alpha value is -0.510. The van der Waals surface area contributed by atoms with Crippen molar-refractivity contribution in [3.05, 3.63) is 11.6 Å². The number of Topliss-reactive ketones (excluding diaryl/α,β-unsaturated/α-hetero) is 1. The number of ketones is 1. The summed E-state index contributed by atoms with van der Waals surface area (Å²) in [6.07, 6.45) is 4.39. The van der Waals surface area contributed by atoms with Crippen molar-refractivity contribution in [1.29, 1.82) is 0 Å². The molecule has 3 saturated carbocycles. The first-order valence-electron chi connectivity index (χ1n) is 10.8. The predicted octanol–water partition coefficient (Wildman–Crippen LogP) is 4.28. The van der Waals surface area contributed by atoms with Crippen molar-refractivity contribution in [2.24, 2.45) is 35.0 Å². The fraction of sp³-hybridized carbons (Fsp3) is 0.857. The summed E-state index contributed by atoms with van der Waals surface area (Å²) in [7, 11) is -3.94. The third-order valence-electron chi connectivity index (χ3n) is 8.68. The fourth-order valence-corrected chi connectivity index (χ4v) is 8.53. The van der Waals surface area contributed by atoms with Crippen molar-refractivity contribution in [1.82, 2.24) is 0 Å². The molecule has 0 bridgehead atoms. The van der Waals surface area contributed by atoms with E-state index in [0.29, 0.717) is 35.0 Å². The lowest BCUT2D eigenvalue weighted by molar-refractivity contribution is -0.128. The molecule has 3 fully saturated rings. The minimum atomic E-state index is -4.23. The Bertz CT molecular complexity index is 844. The van der Waals surface area contributed by atoms with E-state index in [4.69, 9.17) is 4.55 Å². The molecular weight excluding hydrogens is 434 g/mol. The van der Waals surface area contributed by atoms with Crippen LogP contribution >= 0.6 is 10.8 Å². The lowest BCUT2D eigenvalue weighted by Crippen LogP contribution is -2.50. The van der Waals surface area contributed by atoms with Gasteiger partial charge in [0.1, 0.15) is 11.4 Å². The molecule has 30 heavy (non-hydrogen) atoms. The van der Waals surface area contributed by atoms with Crippen molar-refractivity contribution < 1.29 is 31.7 Å². The Labute approximate surface area is 180 Å². The molecule has 170 valence electrons. The highest BCUT2D eigenvalue weighted by Crippen LogP contribution is 2.64. The number of hydrogen-bond donors (Lipinski definition) is 2. The van der Waals surface area contributed by atoms with Gasteiger partial charge in [0, 0.05) is 23.1 Å². The van der Waals surface area contributed by atoms with E-state index in [9.17, 15) is 27.1 Å². The second kappa shape index (κ2) is 7.81. The van der Waals surface area contributed by atoms with Crippen molar-refractivity contribution in [2.75, 3.05) is 5.75 Å². The molecule has 0 aliphatic heterocycles. The highest BCUT2D eigenvalue weighted by molar-refractivity contribution is 8.70. The molecule has 4 aliphatic carbocycles. The second-order valence-electron chi connectivity index (χ2n) is 10.0. The van der Waals surface area contributed by atoms with Crippen molar-refractivity contribution >= 4 is 25.7 Å². The number of carbonyl (C=O) groups is 1. The summed E-state index contributed by atoms with van der Waals surface area (Å²) in [5.74, 6) is 0.894. The topological polar surface area (TPSA) is 91.7 Å². The number of alkyl halides is 2. The van der Waals surface area contributed by atoms with Gasteiger partial charge in [0.05, 0.1) is 5.75 Å². The molecule has 0 saturated heterocycles. The molecule has 0 radical (unpaired) electrons. The molecule has 0 unspecified atom stereocenters. The first kappa shape index (κ1) is 22.7. The monoisotopic (exact) mass is 464 g/mol. The van der Waals surface area contributed by atoms with E-state index in [1.807, 2.05) is 0 Å². The molecule has 0 aromatic carbocycles. The molecule has 7 atom stereocenters. The Balaban J connectivity index is 1.50. The summed E-state index contributed by atoms with van der Waals surface area (Å²) in [6.45, 7) is 2.15. The maximum Gasteiger partial charge on any atom is 0.320 e. The SMILES string of the molecule is C[C@]12CC[C@H]3[C@@H](CC=C4C[C@@](O)(C(F)F)CC[C@@H]43)[C@@H]1CC[C@@H]2C(=O)CSS(=O)(=O)O. The second-order valence-corrected chi connectivity index (χ2v) is 13.4. The maximum absolute atomic E-state index is 13.3. The van der Waals surface area contributed by atoms with Crippen LogP contribution < -0.4 is 0 Å². The summed E-state index contributed by atoms with van der Waals surface area (Å²) in [5, 5.41) is 10.3. The summed E-state index contributed by atoms with van der Waals surface area (Å²) in [6, 6.07) is 0. The Morgan fingerprint density at radius 3 is 2.63 bits per heavy atom. The van der Waals surface area contributed by atoms with Crippen molar-refractivity contribution in [2.45, 2.75) is 70.3 Å². The summed E-state index contributed by atoms with van der Waals surface area (Å²) >= 11 is 0. The van der Waals surface area contributed by atoms with E-state index in [0.717, 1.165) is 37.7 Å². The maximum atomic E-state index is 13.3. The number of rotatable bonds is 5. The zero-order valence-electron chi connectivity index (χ0n) is 17.1. The van der Waals surface area contributed by atoms with Gasteiger partial charge in [-0.1, -0.05) is 18.6 Å². The number of carbonyl (C=O) groups excluding carboxylic acids is 1. The minimum Gasteiger partial charge on any atom is -0.384 e. The lowest BCUT2D eigenvalue weighted by atomic mass is 9.51. The highest BCUT2D eigenvalue weighted by atomic mass is 33.1. The van der Waals surface area contributed by atoms with Crippen LogP contribution in [0, 0.1) is 35.0 Å². The first-order chi connectivity index (χ1) is 13.9. The van der Waals surface area contributed by atoms with Crippen LogP contribution in [0.15, 0.2) is 11.6 Å². The van der Waals surface area contributed by atoms with Crippen LogP contribution in [-0.4, -0.2) is 41.6 Å². The van der Waals surface area contributed by atoms with Gasteiger partial charge < -0.3 is 5.11 Å². The van der Waals surface area contributed by atoms with E-state index < -0.39 is 21.2 Å². The summed E-state index contributed by atoms with van der Waals surface area (Å²) < 4.78 is 57.6. The predicted molar refractivity (Wildman–Crippen MR) is 111 cm³/mol. The third kappa shape index (κ3) is 3.88. The number of allylic oxidation sites excluding steroid dienone is 1. The average molecular weight is 465 g/mol. The van der Waals surface area contributed by atoms with Gasteiger partial charge in [0.25, 0.3) is 6.43 Å². The lowest BCUT2D eigenvalue weighted by Gasteiger charge is -2.54. The van der Waals surface area contributed by atoms with Crippen LogP contribution in [0.5, 0.6) is 0 Å². The molecule has 0 aromatic rings. The van der Waals surface area contributed by atoms with Gasteiger partial charge in [0.2, 0.25) is 0 Å². The van der Waals surface area contributed by atoms with Gasteiger partial charge in [-0.05, 0) is 74.0 Å². The Morgan fingerprint density at radius 1 is 1.23 bits per heavy atom. The number of fused-ring (bicyclic) bond motifs is 5. The van der Waals surface area contributed by atoms with Gasteiger partial charge in [-0.15, -0.1) is 0 Å². The number of hydrogen-bond acceptors (Lipinski definition) is 5. The largest absolute Gasteiger partial charge is 0.384 e. The van der Waals surface area contributed by atoms with E-state index in [1.165, 1.54) is 0 Å². The van der Waals surface area contributed by atoms with E-state index in [2.05, 4.69) is 13.0 Å².